The van der Waals surface area contributed by atoms with Gasteiger partial charge in [0.2, 0.25) is 0 Å². The summed E-state index contributed by atoms with van der Waals surface area (Å²) in [5.74, 6) is 0. The van der Waals surface area contributed by atoms with Gasteiger partial charge in [-0.05, 0) is 32.9 Å². The first kappa shape index (κ1) is 14.0. The molecule has 0 spiro atoms. The first-order valence-electron chi connectivity index (χ1n) is 5.60. The van der Waals surface area contributed by atoms with Crippen LogP contribution in [0.15, 0.2) is 18.2 Å². The minimum Gasteiger partial charge on any atom is -0.389 e. The van der Waals surface area contributed by atoms with Crippen LogP contribution in [0.1, 0.15) is 31.1 Å². The summed E-state index contributed by atoms with van der Waals surface area (Å²) in [5.41, 5.74) is 0.396. The number of likely N-dealkylation sites (N-methyl/N-ethyl adjacent to an activating group) is 1. The molecule has 1 rings (SSSR count). The monoisotopic (exact) mass is 255 g/mol. The Morgan fingerprint density at radius 1 is 1.47 bits per heavy atom. The molecule has 4 heteroatoms. The van der Waals surface area contributed by atoms with Gasteiger partial charge in [-0.1, -0.05) is 17.7 Å². The van der Waals surface area contributed by atoms with Gasteiger partial charge < -0.3 is 10.0 Å². The van der Waals surface area contributed by atoms with Crippen LogP contribution in [0.25, 0.3) is 0 Å². The van der Waals surface area contributed by atoms with Crippen LogP contribution in [0.5, 0.6) is 0 Å². The molecule has 1 N–H and O–H groups in total. The van der Waals surface area contributed by atoms with Crippen molar-refractivity contribution in [2.24, 2.45) is 0 Å². The summed E-state index contributed by atoms with van der Waals surface area (Å²) in [7, 11) is 0. The van der Waals surface area contributed by atoms with Gasteiger partial charge in [-0.15, -0.1) is 0 Å². The lowest BCUT2D eigenvalue weighted by atomic mass is 10.1. The molecule has 0 unspecified atom stereocenters. The summed E-state index contributed by atoms with van der Waals surface area (Å²) >= 11 is 6.13. The fourth-order valence-corrected chi connectivity index (χ4v) is 2.08. The topological polar surface area (TPSA) is 40.5 Å². The predicted octanol–water partition coefficient (Wildman–Crippen LogP) is 2.75. The largest absolute Gasteiger partial charge is 0.389 e. The molecule has 0 amide bonds. The van der Waals surface area contributed by atoms with Crippen molar-refractivity contribution in [1.29, 1.82) is 0 Å². The van der Waals surface area contributed by atoms with Crippen LogP contribution in [0.4, 0.5) is 5.69 Å². The minimum atomic E-state index is -0.838. The molecular weight excluding hydrogens is 238 g/mol. The summed E-state index contributed by atoms with van der Waals surface area (Å²) in [4.78, 5) is 12.9. The molecule has 0 aromatic heterocycles. The molecule has 0 aliphatic heterocycles. The lowest BCUT2D eigenvalue weighted by Gasteiger charge is -2.31. The second kappa shape index (κ2) is 5.52. The van der Waals surface area contributed by atoms with Crippen molar-refractivity contribution in [1.82, 2.24) is 0 Å². The molecular formula is C13H18ClNO2. The molecule has 0 fully saturated rings. The van der Waals surface area contributed by atoms with Crippen molar-refractivity contribution in [3.63, 3.8) is 0 Å². The second-order valence-corrected chi connectivity index (χ2v) is 5.03. The Bertz CT molecular complexity index is 399. The fraction of sp³-hybridized carbons (Fsp3) is 0.462. The van der Waals surface area contributed by atoms with E-state index in [0.29, 0.717) is 29.4 Å². The van der Waals surface area contributed by atoms with Crippen molar-refractivity contribution in [3.05, 3.63) is 28.8 Å². The van der Waals surface area contributed by atoms with E-state index < -0.39 is 5.60 Å². The fourth-order valence-electron chi connectivity index (χ4n) is 1.78. The van der Waals surface area contributed by atoms with E-state index in [4.69, 9.17) is 11.6 Å². The van der Waals surface area contributed by atoms with E-state index in [-0.39, 0.29) is 0 Å². The van der Waals surface area contributed by atoms with Gasteiger partial charge in [-0.3, -0.25) is 4.79 Å². The molecule has 0 saturated heterocycles. The Balaban J connectivity index is 3.15. The van der Waals surface area contributed by atoms with E-state index in [9.17, 15) is 9.90 Å². The Morgan fingerprint density at radius 2 is 2.12 bits per heavy atom. The molecule has 0 radical (unpaired) electrons. The van der Waals surface area contributed by atoms with Crippen LogP contribution < -0.4 is 4.90 Å². The van der Waals surface area contributed by atoms with Crippen LogP contribution in [-0.4, -0.2) is 30.1 Å². The van der Waals surface area contributed by atoms with Crippen LogP contribution in [-0.2, 0) is 0 Å². The van der Waals surface area contributed by atoms with Gasteiger partial charge in [0, 0.05) is 18.7 Å². The third-order valence-electron chi connectivity index (χ3n) is 2.42. The van der Waals surface area contributed by atoms with Gasteiger partial charge in [-0.25, -0.2) is 0 Å². The highest BCUT2D eigenvalue weighted by molar-refractivity contribution is 6.33. The van der Waals surface area contributed by atoms with E-state index in [1.807, 2.05) is 11.8 Å². The smallest absolute Gasteiger partial charge is 0.152 e. The van der Waals surface area contributed by atoms with E-state index in [1.54, 1.807) is 32.0 Å². The van der Waals surface area contributed by atoms with Crippen molar-refractivity contribution >= 4 is 23.6 Å². The van der Waals surface area contributed by atoms with Gasteiger partial charge in [0.25, 0.3) is 0 Å². The van der Waals surface area contributed by atoms with E-state index in [0.717, 1.165) is 6.29 Å². The number of rotatable bonds is 5. The number of halogens is 1. The lowest BCUT2D eigenvalue weighted by Crippen LogP contribution is -2.39. The number of para-hydroxylation sites is 1. The molecule has 0 aliphatic carbocycles. The number of nitrogens with zero attached hydrogens (tertiary/aromatic N) is 1. The number of carbonyl (C=O) groups excluding carboxylic acids is 1. The minimum absolute atomic E-state index is 0.425. The Kier molecular flexibility index (Phi) is 4.54. The number of aliphatic hydroxyl groups is 1. The molecule has 0 bridgehead atoms. The van der Waals surface area contributed by atoms with Gasteiger partial charge in [0.1, 0.15) is 0 Å². The van der Waals surface area contributed by atoms with E-state index >= 15 is 0 Å². The third kappa shape index (κ3) is 3.72. The van der Waals surface area contributed by atoms with Gasteiger partial charge >= 0.3 is 0 Å². The average Bonchev–Trinajstić information content (AvgIpc) is 2.24. The lowest BCUT2D eigenvalue weighted by molar-refractivity contribution is 0.0874. The van der Waals surface area contributed by atoms with Crippen molar-refractivity contribution in [3.8, 4) is 0 Å². The number of carbonyl (C=O) groups is 1. The molecule has 0 heterocycles. The maximum Gasteiger partial charge on any atom is 0.152 e. The summed E-state index contributed by atoms with van der Waals surface area (Å²) < 4.78 is 0. The first-order chi connectivity index (χ1) is 7.89. The average molecular weight is 256 g/mol. The normalized spacial score (nSPS) is 11.4. The Morgan fingerprint density at radius 3 is 2.59 bits per heavy atom. The second-order valence-electron chi connectivity index (χ2n) is 4.62. The maximum atomic E-state index is 11.0. The molecule has 0 atom stereocenters. The summed E-state index contributed by atoms with van der Waals surface area (Å²) in [6.07, 6.45) is 0.786. The summed E-state index contributed by atoms with van der Waals surface area (Å²) in [6, 6.07) is 5.21. The quantitative estimate of drug-likeness (QED) is 0.823. The number of hydrogen-bond acceptors (Lipinski definition) is 3. The number of aldehydes is 1. The number of benzene rings is 1. The molecule has 1 aromatic carbocycles. The van der Waals surface area contributed by atoms with E-state index in [1.165, 1.54) is 0 Å². The first-order valence-corrected chi connectivity index (χ1v) is 5.98. The highest BCUT2D eigenvalue weighted by atomic mass is 35.5. The SMILES string of the molecule is CCN(CC(C)(C)O)c1c(Cl)cccc1C=O. The third-order valence-corrected chi connectivity index (χ3v) is 2.73. The predicted molar refractivity (Wildman–Crippen MR) is 71.0 cm³/mol. The zero-order valence-corrected chi connectivity index (χ0v) is 11.2. The standard InChI is InChI=1S/C13H18ClNO2/c1-4-15(9-13(2,3)17)12-10(8-16)6-5-7-11(12)14/h5-8,17H,4,9H2,1-3H3. The summed E-state index contributed by atoms with van der Waals surface area (Å²) in [5, 5.41) is 10.4. The highest BCUT2D eigenvalue weighted by Gasteiger charge is 2.21. The van der Waals surface area contributed by atoms with Crippen LogP contribution in [0.3, 0.4) is 0 Å². The van der Waals surface area contributed by atoms with Crippen LogP contribution in [0.2, 0.25) is 5.02 Å². The zero-order valence-electron chi connectivity index (χ0n) is 10.4. The van der Waals surface area contributed by atoms with Crippen LogP contribution in [0, 0.1) is 0 Å². The molecule has 1 aromatic rings. The Hall–Kier alpha value is -1.06. The molecule has 0 aliphatic rings. The number of anilines is 1. The van der Waals surface area contributed by atoms with Crippen molar-refractivity contribution in [2.45, 2.75) is 26.4 Å². The Labute approximate surface area is 107 Å². The van der Waals surface area contributed by atoms with Gasteiger partial charge in [0.15, 0.2) is 6.29 Å². The molecule has 0 saturated carbocycles. The molecule has 17 heavy (non-hydrogen) atoms. The van der Waals surface area contributed by atoms with Crippen molar-refractivity contribution in [2.75, 3.05) is 18.0 Å². The maximum absolute atomic E-state index is 11.0. The van der Waals surface area contributed by atoms with Gasteiger partial charge in [-0.2, -0.15) is 0 Å². The summed E-state index contributed by atoms with van der Waals surface area (Å²) in [6.45, 7) is 6.52. The zero-order chi connectivity index (χ0) is 13.1. The highest BCUT2D eigenvalue weighted by Crippen LogP contribution is 2.29. The number of hydrogen-bond donors (Lipinski definition) is 1. The molecule has 3 nitrogen and oxygen atoms in total. The van der Waals surface area contributed by atoms with Gasteiger partial charge in [0.05, 0.1) is 16.3 Å². The molecule has 94 valence electrons. The van der Waals surface area contributed by atoms with Crippen molar-refractivity contribution < 1.29 is 9.90 Å². The van der Waals surface area contributed by atoms with Crippen LogP contribution >= 0.6 is 11.6 Å². The van der Waals surface area contributed by atoms with E-state index in [2.05, 4.69) is 0 Å².